The number of hydrogen-bond donors (Lipinski definition) is 4. The van der Waals surface area contributed by atoms with Crippen molar-refractivity contribution in [2.24, 2.45) is 0 Å². The van der Waals surface area contributed by atoms with Crippen molar-refractivity contribution >= 4 is 17.5 Å². The minimum absolute atomic E-state index is 0.0158. The number of carbonyl (C=O) groups is 1. The number of nitrogens with one attached hydrogen (secondary N) is 1. The van der Waals surface area contributed by atoms with Crippen molar-refractivity contribution in [3.8, 4) is 0 Å². The van der Waals surface area contributed by atoms with Gasteiger partial charge in [-0.3, -0.25) is 10.1 Å². The molecule has 1 amide bonds. The molecule has 0 aliphatic heterocycles. The zero-order chi connectivity index (χ0) is 19.4. The van der Waals surface area contributed by atoms with Gasteiger partial charge in [-0.1, -0.05) is 6.07 Å². The molecule has 0 aliphatic rings. The molecule has 25 heavy (non-hydrogen) atoms. The van der Waals surface area contributed by atoms with Crippen LogP contribution in [0.3, 0.4) is 0 Å². The number of aliphatic hydroxyl groups is 2. The van der Waals surface area contributed by atoms with Crippen molar-refractivity contribution in [3.63, 3.8) is 0 Å². The molecule has 1 aromatic carbocycles. The quantitative estimate of drug-likeness (QED) is 0.345. The smallest absolute Gasteiger partial charge is 0.407 e. The zero-order valence-electron chi connectivity index (χ0n) is 14.8. The summed E-state index contributed by atoms with van der Waals surface area (Å²) in [4.78, 5) is 21.9. The molecular formula is C16H25N3O6. The van der Waals surface area contributed by atoms with Crippen molar-refractivity contribution in [2.45, 2.75) is 51.9 Å². The maximum Gasteiger partial charge on any atom is 0.407 e. The predicted molar refractivity (Wildman–Crippen MR) is 92.1 cm³/mol. The summed E-state index contributed by atoms with van der Waals surface area (Å²) in [5.74, 6) is 0. The molecule has 140 valence electrons. The van der Waals surface area contributed by atoms with Gasteiger partial charge in [0.1, 0.15) is 17.4 Å². The molecule has 0 saturated heterocycles. The molecule has 9 heteroatoms. The van der Waals surface area contributed by atoms with Crippen LogP contribution >= 0.6 is 0 Å². The fourth-order valence-corrected chi connectivity index (χ4v) is 2.15. The third-order valence-electron chi connectivity index (χ3n) is 3.40. The molecule has 0 fully saturated rings. The summed E-state index contributed by atoms with van der Waals surface area (Å²) in [5, 5.41) is 33.7. The molecule has 9 nitrogen and oxygen atoms in total. The van der Waals surface area contributed by atoms with E-state index in [1.807, 2.05) is 0 Å². The number of nitro benzene ring substituents is 1. The third-order valence-corrected chi connectivity index (χ3v) is 3.40. The predicted octanol–water partition coefficient (Wildman–Crippen LogP) is 1.79. The molecule has 5 N–H and O–H groups in total. The van der Waals surface area contributed by atoms with Crippen LogP contribution in [-0.4, -0.2) is 39.5 Å². The lowest BCUT2D eigenvalue weighted by Crippen LogP contribution is -2.34. The number of amides is 1. The Labute approximate surface area is 145 Å². The first-order valence-corrected chi connectivity index (χ1v) is 7.79. The van der Waals surface area contributed by atoms with Gasteiger partial charge >= 0.3 is 6.09 Å². The largest absolute Gasteiger partial charge is 0.444 e. The second-order valence-electron chi connectivity index (χ2n) is 6.76. The van der Waals surface area contributed by atoms with Crippen LogP contribution in [0.25, 0.3) is 0 Å². The summed E-state index contributed by atoms with van der Waals surface area (Å²) in [6.07, 6.45) is -3.17. The van der Waals surface area contributed by atoms with Gasteiger partial charge in [-0.05, 0) is 45.2 Å². The molecule has 1 aromatic rings. The number of alkyl carbamates (subject to hydrolysis) is 1. The van der Waals surface area contributed by atoms with E-state index >= 15 is 0 Å². The lowest BCUT2D eigenvalue weighted by Gasteiger charge is -2.21. The number of carbonyl (C=O) groups excluding carboxylic acids is 1. The van der Waals surface area contributed by atoms with Crippen LogP contribution < -0.4 is 11.1 Å². The van der Waals surface area contributed by atoms with E-state index < -0.39 is 28.8 Å². The molecule has 2 atom stereocenters. The Balaban J connectivity index is 2.69. The number of anilines is 1. The van der Waals surface area contributed by atoms with Gasteiger partial charge in [0.2, 0.25) is 0 Å². The van der Waals surface area contributed by atoms with E-state index in [0.717, 1.165) is 6.07 Å². The molecular weight excluding hydrogens is 330 g/mol. The Morgan fingerprint density at radius 3 is 2.52 bits per heavy atom. The van der Waals surface area contributed by atoms with E-state index in [4.69, 9.17) is 10.5 Å². The number of rotatable bonds is 6. The highest BCUT2D eigenvalue weighted by atomic mass is 16.6. The van der Waals surface area contributed by atoms with Gasteiger partial charge in [0, 0.05) is 12.6 Å². The average molecular weight is 355 g/mol. The molecule has 0 spiro atoms. The maximum absolute atomic E-state index is 11.5. The highest BCUT2D eigenvalue weighted by Gasteiger charge is 2.24. The maximum atomic E-state index is 11.5. The average Bonchev–Trinajstić information content (AvgIpc) is 2.46. The van der Waals surface area contributed by atoms with Gasteiger partial charge in [0.15, 0.2) is 0 Å². The molecule has 0 bridgehead atoms. The van der Waals surface area contributed by atoms with Gasteiger partial charge in [-0.15, -0.1) is 0 Å². The number of hydrogen-bond acceptors (Lipinski definition) is 7. The summed E-state index contributed by atoms with van der Waals surface area (Å²) in [6, 6.07) is 2.62. The standard InChI is InChI=1S/C16H25N3O6/c1-9-7-10(8-11(13(9)17)19(23)24)14(21)12(20)5-6-18-15(22)25-16(2,3)4/h7-8,12,14,20-21H,5-6,17H2,1-4H3,(H,18,22). The normalized spacial score (nSPS) is 13.8. The zero-order valence-corrected chi connectivity index (χ0v) is 14.8. The second-order valence-corrected chi connectivity index (χ2v) is 6.76. The number of nitrogen functional groups attached to an aromatic ring is 1. The van der Waals surface area contributed by atoms with Crippen LogP contribution in [0.1, 0.15) is 44.4 Å². The van der Waals surface area contributed by atoms with E-state index in [2.05, 4.69) is 5.32 Å². The van der Waals surface area contributed by atoms with Crippen LogP contribution in [0.4, 0.5) is 16.2 Å². The monoisotopic (exact) mass is 355 g/mol. The highest BCUT2D eigenvalue weighted by molar-refractivity contribution is 5.67. The first kappa shape index (κ1) is 20.7. The summed E-state index contributed by atoms with van der Waals surface area (Å²) < 4.78 is 5.05. The fourth-order valence-electron chi connectivity index (χ4n) is 2.15. The SMILES string of the molecule is Cc1cc(C(O)C(O)CCNC(=O)OC(C)(C)C)cc([N+](=O)[O-])c1N. The van der Waals surface area contributed by atoms with Gasteiger partial charge in [0.25, 0.3) is 5.69 Å². The Bertz CT molecular complexity index is 641. The molecule has 2 unspecified atom stereocenters. The second kappa shape index (κ2) is 8.13. The van der Waals surface area contributed by atoms with E-state index in [9.17, 15) is 25.1 Å². The number of nitrogens with two attached hydrogens (primary N) is 1. The number of nitrogens with zero attached hydrogens (tertiary/aromatic N) is 1. The van der Waals surface area contributed by atoms with Crippen LogP contribution in [0.2, 0.25) is 0 Å². The Kier molecular flexibility index (Phi) is 6.71. The number of aliphatic hydroxyl groups excluding tert-OH is 2. The minimum atomic E-state index is -1.35. The summed E-state index contributed by atoms with van der Waals surface area (Å²) in [6.45, 7) is 6.82. The van der Waals surface area contributed by atoms with Gasteiger partial charge in [-0.25, -0.2) is 4.79 Å². The Morgan fingerprint density at radius 2 is 2.00 bits per heavy atom. The number of nitro groups is 1. The van der Waals surface area contributed by atoms with Crippen molar-refractivity contribution in [1.29, 1.82) is 0 Å². The van der Waals surface area contributed by atoms with Gasteiger partial charge < -0.3 is 26.0 Å². The fraction of sp³-hybridized carbons (Fsp3) is 0.562. The van der Waals surface area contributed by atoms with Crippen LogP contribution in [0.5, 0.6) is 0 Å². The van der Waals surface area contributed by atoms with E-state index in [1.165, 1.54) is 6.07 Å². The van der Waals surface area contributed by atoms with E-state index in [0.29, 0.717) is 5.56 Å². The summed E-state index contributed by atoms with van der Waals surface area (Å²) >= 11 is 0. The lowest BCUT2D eigenvalue weighted by atomic mass is 9.98. The molecule has 0 heterocycles. The summed E-state index contributed by atoms with van der Waals surface area (Å²) in [5.41, 5.74) is 5.32. The summed E-state index contributed by atoms with van der Waals surface area (Å²) in [7, 11) is 0. The molecule has 0 aromatic heterocycles. The molecule has 1 rings (SSSR count). The minimum Gasteiger partial charge on any atom is -0.444 e. The Hall–Kier alpha value is -2.39. The van der Waals surface area contributed by atoms with Crippen LogP contribution in [0.15, 0.2) is 12.1 Å². The van der Waals surface area contributed by atoms with Crippen LogP contribution in [-0.2, 0) is 4.74 Å². The van der Waals surface area contributed by atoms with Crippen LogP contribution in [0, 0.1) is 17.0 Å². The van der Waals surface area contributed by atoms with Crippen molar-refractivity contribution in [3.05, 3.63) is 33.4 Å². The third kappa shape index (κ3) is 6.20. The first-order valence-electron chi connectivity index (χ1n) is 7.79. The molecule has 0 saturated carbocycles. The first-order chi connectivity index (χ1) is 11.4. The molecule has 0 aliphatic carbocycles. The number of benzene rings is 1. The number of ether oxygens (including phenoxy) is 1. The van der Waals surface area contributed by atoms with E-state index in [-0.39, 0.29) is 29.9 Å². The van der Waals surface area contributed by atoms with Gasteiger partial charge in [-0.2, -0.15) is 0 Å². The van der Waals surface area contributed by atoms with Crippen molar-refractivity contribution in [2.75, 3.05) is 12.3 Å². The Morgan fingerprint density at radius 1 is 1.40 bits per heavy atom. The lowest BCUT2D eigenvalue weighted by molar-refractivity contribution is -0.384. The topological polar surface area (TPSA) is 148 Å². The molecule has 0 radical (unpaired) electrons. The van der Waals surface area contributed by atoms with Crippen molar-refractivity contribution < 1.29 is 24.7 Å². The van der Waals surface area contributed by atoms with Crippen molar-refractivity contribution in [1.82, 2.24) is 5.32 Å². The van der Waals surface area contributed by atoms with E-state index in [1.54, 1.807) is 27.7 Å². The highest BCUT2D eigenvalue weighted by Crippen LogP contribution is 2.30. The van der Waals surface area contributed by atoms with Gasteiger partial charge in [0.05, 0.1) is 11.0 Å². The number of aryl methyl sites for hydroxylation is 1.